The first-order chi connectivity index (χ1) is 27.3. The second kappa shape index (κ2) is 12.4. The molecule has 4 heteroatoms. The molecule has 4 nitrogen and oxygen atoms in total. The molecule has 0 saturated carbocycles. The zero-order valence-corrected chi connectivity index (χ0v) is 29.8. The molecular weight excluding hydrogens is 669 g/mol. The van der Waals surface area contributed by atoms with E-state index in [1.807, 2.05) is 30.6 Å². The Labute approximate surface area is 319 Å². The maximum absolute atomic E-state index is 5.23. The Hall–Kier alpha value is -7.30. The fourth-order valence-electron chi connectivity index (χ4n) is 8.95. The lowest BCUT2D eigenvalue weighted by molar-refractivity contribution is 0.775. The predicted octanol–water partition coefficient (Wildman–Crippen LogP) is 11.9. The summed E-state index contributed by atoms with van der Waals surface area (Å²) in [6, 6.07) is 61.4. The third-order valence-electron chi connectivity index (χ3n) is 11.3. The van der Waals surface area contributed by atoms with E-state index in [9.17, 15) is 0 Å². The van der Waals surface area contributed by atoms with Gasteiger partial charge in [0.15, 0.2) is 5.82 Å². The van der Waals surface area contributed by atoms with E-state index >= 15 is 0 Å². The van der Waals surface area contributed by atoms with Crippen molar-refractivity contribution in [3.8, 4) is 78.4 Å². The molecule has 0 saturated heterocycles. The normalized spacial score (nSPS) is 12.9. The molecule has 2 aliphatic rings. The SMILES string of the molecule is c1cncc(-c2ccc(-c3cc(-c4ccc5c(c4)-c4ccccc4-c4ccccc4C54c5ccccc5-c5ccccc54)nc(-c4cccnc4)n3)cc2)c1. The molecule has 0 bridgehead atoms. The molecule has 1 spiro atoms. The average molecular weight is 701 g/mol. The van der Waals surface area contributed by atoms with Crippen molar-refractivity contribution in [2.24, 2.45) is 0 Å². The van der Waals surface area contributed by atoms with Crippen molar-refractivity contribution in [3.63, 3.8) is 0 Å². The minimum Gasteiger partial charge on any atom is -0.264 e. The minimum absolute atomic E-state index is 0.523. The minimum atomic E-state index is -0.523. The van der Waals surface area contributed by atoms with Gasteiger partial charge in [-0.3, -0.25) is 9.97 Å². The monoisotopic (exact) mass is 700 g/mol. The zero-order valence-electron chi connectivity index (χ0n) is 29.8. The van der Waals surface area contributed by atoms with E-state index in [0.717, 1.165) is 39.2 Å². The Morgan fingerprint density at radius 1 is 0.309 bits per heavy atom. The van der Waals surface area contributed by atoms with Crippen molar-refractivity contribution < 1.29 is 0 Å². The van der Waals surface area contributed by atoms with Crippen molar-refractivity contribution in [3.05, 3.63) is 217 Å². The van der Waals surface area contributed by atoms with Crippen LogP contribution in [0.4, 0.5) is 0 Å². The van der Waals surface area contributed by atoms with Crippen molar-refractivity contribution in [1.82, 2.24) is 19.9 Å². The van der Waals surface area contributed by atoms with Crippen LogP contribution in [0, 0.1) is 0 Å². The number of rotatable bonds is 4. The predicted molar refractivity (Wildman–Crippen MR) is 221 cm³/mol. The molecule has 0 fully saturated rings. The molecule has 6 aromatic carbocycles. The van der Waals surface area contributed by atoms with Gasteiger partial charge < -0.3 is 0 Å². The van der Waals surface area contributed by atoms with Gasteiger partial charge in [-0.25, -0.2) is 9.97 Å². The topological polar surface area (TPSA) is 51.6 Å². The Morgan fingerprint density at radius 2 is 0.764 bits per heavy atom. The van der Waals surface area contributed by atoms with Crippen molar-refractivity contribution >= 4 is 0 Å². The van der Waals surface area contributed by atoms with E-state index in [2.05, 4.69) is 162 Å². The van der Waals surface area contributed by atoms with Crippen LogP contribution in [0.5, 0.6) is 0 Å². The third kappa shape index (κ3) is 4.78. The van der Waals surface area contributed by atoms with Crippen LogP contribution in [-0.4, -0.2) is 19.9 Å². The number of hydrogen-bond acceptors (Lipinski definition) is 4. The van der Waals surface area contributed by atoms with Crippen LogP contribution in [0.15, 0.2) is 195 Å². The van der Waals surface area contributed by atoms with Crippen molar-refractivity contribution in [2.45, 2.75) is 5.41 Å². The largest absolute Gasteiger partial charge is 0.264 e. The second-order valence-electron chi connectivity index (χ2n) is 14.2. The fourth-order valence-corrected chi connectivity index (χ4v) is 8.95. The van der Waals surface area contributed by atoms with Crippen molar-refractivity contribution in [2.75, 3.05) is 0 Å². The zero-order chi connectivity index (χ0) is 36.3. The lowest BCUT2D eigenvalue weighted by atomic mass is 9.66. The van der Waals surface area contributed by atoms with E-state index in [0.29, 0.717) is 5.82 Å². The Bertz CT molecular complexity index is 2870. The quantitative estimate of drug-likeness (QED) is 0.183. The summed E-state index contributed by atoms with van der Waals surface area (Å²) in [6.07, 6.45) is 7.30. The second-order valence-corrected chi connectivity index (χ2v) is 14.2. The van der Waals surface area contributed by atoms with Crippen LogP contribution in [0.25, 0.3) is 78.4 Å². The molecule has 0 radical (unpaired) electrons. The molecule has 2 aliphatic carbocycles. The van der Waals surface area contributed by atoms with Crippen LogP contribution in [-0.2, 0) is 5.41 Å². The van der Waals surface area contributed by atoms with Crippen LogP contribution in [0.1, 0.15) is 22.3 Å². The van der Waals surface area contributed by atoms with Crippen molar-refractivity contribution in [1.29, 1.82) is 0 Å². The highest BCUT2D eigenvalue weighted by atomic mass is 14.9. The molecule has 55 heavy (non-hydrogen) atoms. The summed E-state index contributed by atoms with van der Waals surface area (Å²) in [5, 5.41) is 0. The van der Waals surface area contributed by atoms with Gasteiger partial charge in [0.05, 0.1) is 16.8 Å². The van der Waals surface area contributed by atoms with E-state index in [1.54, 1.807) is 12.4 Å². The van der Waals surface area contributed by atoms with Gasteiger partial charge in [-0.1, -0.05) is 140 Å². The number of aromatic nitrogens is 4. The summed E-state index contributed by atoms with van der Waals surface area (Å²) >= 11 is 0. The van der Waals surface area contributed by atoms with Crippen LogP contribution < -0.4 is 0 Å². The van der Waals surface area contributed by atoms with Gasteiger partial charge in [0.1, 0.15) is 0 Å². The highest BCUT2D eigenvalue weighted by molar-refractivity contribution is 5.98. The molecule has 0 amide bonds. The van der Waals surface area contributed by atoms with E-state index < -0.39 is 5.41 Å². The molecule has 9 aromatic rings. The first-order valence-electron chi connectivity index (χ1n) is 18.6. The summed E-state index contributed by atoms with van der Waals surface area (Å²) in [4.78, 5) is 19.1. The number of nitrogens with zero attached hydrogens (tertiary/aromatic N) is 4. The van der Waals surface area contributed by atoms with Crippen LogP contribution in [0.3, 0.4) is 0 Å². The number of hydrogen-bond donors (Lipinski definition) is 0. The molecule has 0 aliphatic heterocycles. The lowest BCUT2D eigenvalue weighted by Crippen LogP contribution is -2.29. The molecule has 0 unspecified atom stereocenters. The summed E-state index contributed by atoms with van der Waals surface area (Å²) in [5.41, 5.74) is 18.9. The molecule has 0 atom stereocenters. The summed E-state index contributed by atoms with van der Waals surface area (Å²) in [6.45, 7) is 0. The lowest BCUT2D eigenvalue weighted by Gasteiger charge is -2.35. The van der Waals surface area contributed by atoms with Gasteiger partial charge in [-0.15, -0.1) is 0 Å². The third-order valence-corrected chi connectivity index (χ3v) is 11.3. The van der Waals surface area contributed by atoms with Gasteiger partial charge in [0.25, 0.3) is 0 Å². The van der Waals surface area contributed by atoms with Crippen LogP contribution >= 0.6 is 0 Å². The first-order valence-corrected chi connectivity index (χ1v) is 18.6. The molecule has 3 heterocycles. The molecule has 0 N–H and O–H groups in total. The number of fused-ring (bicyclic) bond motifs is 12. The molecule has 3 aromatic heterocycles. The molecule has 11 rings (SSSR count). The van der Waals surface area contributed by atoms with E-state index in [1.165, 1.54) is 55.6 Å². The summed E-state index contributed by atoms with van der Waals surface area (Å²) in [7, 11) is 0. The Kier molecular flexibility index (Phi) is 7.04. The van der Waals surface area contributed by atoms with E-state index in [-0.39, 0.29) is 0 Å². The Morgan fingerprint density at radius 3 is 1.35 bits per heavy atom. The highest BCUT2D eigenvalue weighted by Crippen LogP contribution is 2.61. The van der Waals surface area contributed by atoms with E-state index in [4.69, 9.17) is 9.97 Å². The maximum Gasteiger partial charge on any atom is 0.161 e. The van der Waals surface area contributed by atoms with Gasteiger partial charge in [-0.05, 0) is 97.1 Å². The standard InChI is InChI=1S/C51H32N4/c1-2-14-39-38(13-1)40-15-3-6-18-44(40)51(45-19-7-4-16-41(45)42-17-5-8-20-46(42)51)47-26-25-35(29-43(39)47)49-30-48(54-50(55-49)37-12-10-28-53-32-37)34-23-21-33(22-24-34)36-11-9-27-52-31-36/h1-32H. The van der Waals surface area contributed by atoms with Gasteiger partial charge in [0.2, 0.25) is 0 Å². The average Bonchev–Trinajstić information content (AvgIpc) is 3.52. The highest BCUT2D eigenvalue weighted by Gasteiger charge is 2.49. The fraction of sp³-hybridized carbons (Fsp3) is 0.0196. The summed E-state index contributed by atoms with van der Waals surface area (Å²) in [5.74, 6) is 0.634. The summed E-state index contributed by atoms with van der Waals surface area (Å²) < 4.78 is 0. The van der Waals surface area contributed by atoms with Gasteiger partial charge >= 0.3 is 0 Å². The smallest absolute Gasteiger partial charge is 0.161 e. The maximum atomic E-state index is 5.23. The Balaban J connectivity index is 1.16. The number of pyridine rings is 2. The molecule has 256 valence electrons. The molecular formula is C51H32N4. The van der Waals surface area contributed by atoms with Gasteiger partial charge in [-0.2, -0.15) is 0 Å². The number of benzene rings is 6. The van der Waals surface area contributed by atoms with Gasteiger partial charge in [0, 0.05) is 41.5 Å². The van der Waals surface area contributed by atoms with Crippen LogP contribution in [0.2, 0.25) is 0 Å². The first kappa shape index (κ1) is 31.2.